The zero-order valence-electron chi connectivity index (χ0n) is 11.1. The van der Waals surface area contributed by atoms with E-state index in [0.717, 1.165) is 22.6 Å². The van der Waals surface area contributed by atoms with Crippen molar-refractivity contribution in [3.8, 4) is 0 Å². The highest BCUT2D eigenvalue weighted by molar-refractivity contribution is 6.36. The lowest BCUT2D eigenvalue weighted by Gasteiger charge is -2.22. The van der Waals surface area contributed by atoms with Crippen LogP contribution in [0.1, 0.15) is 5.56 Å². The molecule has 3 aromatic carbocycles. The molecule has 3 aromatic rings. The van der Waals surface area contributed by atoms with Gasteiger partial charge in [0, 0.05) is 24.5 Å². The Labute approximate surface area is 122 Å². The van der Waals surface area contributed by atoms with Gasteiger partial charge in [0.05, 0.1) is 17.0 Å². The Hall–Kier alpha value is -2.06. The summed E-state index contributed by atoms with van der Waals surface area (Å²) in [5.74, 6) is 0. The van der Waals surface area contributed by atoms with E-state index >= 15 is 0 Å². The molecule has 4 rings (SSSR count). The number of fused-ring (bicyclic) bond motifs is 4. The first-order valence-electron chi connectivity index (χ1n) is 6.61. The summed E-state index contributed by atoms with van der Waals surface area (Å²) in [4.78, 5) is 6.57. The third-order valence-corrected chi connectivity index (χ3v) is 4.16. The van der Waals surface area contributed by atoms with Gasteiger partial charge in [-0.3, -0.25) is 0 Å². The van der Waals surface area contributed by atoms with Crippen LogP contribution < -0.4 is 0 Å². The zero-order chi connectivity index (χ0) is 13.7. The summed E-state index contributed by atoms with van der Waals surface area (Å²) in [7, 11) is 2.04. The second kappa shape index (κ2) is 4.22. The second-order valence-electron chi connectivity index (χ2n) is 5.26. The van der Waals surface area contributed by atoms with Gasteiger partial charge < -0.3 is 4.90 Å². The Morgan fingerprint density at radius 1 is 1.05 bits per heavy atom. The number of hydrogen-bond acceptors (Lipinski definition) is 2. The highest BCUT2D eigenvalue weighted by Crippen LogP contribution is 2.38. The zero-order valence-corrected chi connectivity index (χ0v) is 11.9. The average Bonchev–Trinajstić information content (AvgIpc) is 2.47. The van der Waals surface area contributed by atoms with Gasteiger partial charge in [-0.2, -0.15) is 0 Å². The Morgan fingerprint density at radius 2 is 1.75 bits per heavy atom. The minimum absolute atomic E-state index is 0.770. The first-order valence-corrected chi connectivity index (χ1v) is 6.98. The molecule has 20 heavy (non-hydrogen) atoms. The van der Waals surface area contributed by atoms with Gasteiger partial charge in [0.2, 0.25) is 0 Å². The van der Waals surface area contributed by atoms with Crippen LogP contribution in [0.3, 0.4) is 0 Å². The Balaban J connectivity index is 2.15. The molecular formula is C17H13ClN2. The first-order chi connectivity index (χ1) is 9.72. The van der Waals surface area contributed by atoms with Gasteiger partial charge in [-0.05, 0) is 34.4 Å². The molecule has 1 aliphatic rings. The Bertz CT molecular complexity index is 868. The van der Waals surface area contributed by atoms with Crippen LogP contribution in [0.4, 0.5) is 5.69 Å². The molecule has 0 saturated carbocycles. The van der Waals surface area contributed by atoms with E-state index in [1.807, 2.05) is 19.5 Å². The molecule has 1 aliphatic heterocycles. The van der Waals surface area contributed by atoms with Crippen molar-refractivity contribution in [2.45, 2.75) is 6.54 Å². The quantitative estimate of drug-likeness (QED) is 0.543. The molecule has 0 N–H and O–H groups in total. The minimum atomic E-state index is 0.770. The van der Waals surface area contributed by atoms with Crippen LogP contribution in [-0.4, -0.2) is 18.3 Å². The van der Waals surface area contributed by atoms with Crippen LogP contribution in [0.25, 0.3) is 21.5 Å². The molecule has 0 atom stereocenters. The van der Waals surface area contributed by atoms with E-state index in [2.05, 4.69) is 46.3 Å². The molecule has 0 radical (unpaired) electrons. The van der Waals surface area contributed by atoms with E-state index in [1.54, 1.807) is 0 Å². The van der Waals surface area contributed by atoms with Crippen molar-refractivity contribution in [3.63, 3.8) is 0 Å². The normalized spacial score (nSPS) is 14.0. The fourth-order valence-electron chi connectivity index (χ4n) is 2.84. The van der Waals surface area contributed by atoms with Crippen LogP contribution in [0.2, 0.25) is 5.02 Å². The van der Waals surface area contributed by atoms with Gasteiger partial charge in [-0.15, -0.1) is 0 Å². The summed E-state index contributed by atoms with van der Waals surface area (Å²) >= 11 is 6.44. The van der Waals surface area contributed by atoms with Gasteiger partial charge in [0.1, 0.15) is 0 Å². The van der Waals surface area contributed by atoms with Crippen LogP contribution in [0, 0.1) is 0 Å². The summed E-state index contributed by atoms with van der Waals surface area (Å²) in [6.07, 6.45) is 1.85. The van der Waals surface area contributed by atoms with Crippen molar-refractivity contribution in [2.75, 3.05) is 7.05 Å². The summed E-state index contributed by atoms with van der Waals surface area (Å²) < 4.78 is 0. The average molecular weight is 281 g/mol. The van der Waals surface area contributed by atoms with Crippen molar-refractivity contribution in [3.05, 3.63) is 53.1 Å². The summed E-state index contributed by atoms with van der Waals surface area (Å²) in [5.41, 5.74) is 2.23. The molecule has 0 bridgehead atoms. The topological polar surface area (TPSA) is 15.6 Å². The number of benzene rings is 3. The number of aliphatic imine (C=N–C) groups is 1. The standard InChI is InChI=1S/C17H13ClN2/c1-20-9-15-13-6-11-4-2-3-5-12(11)7-14(13)16(18)8-17(15)19-10-20/h2-8,10H,9H2,1H3. The van der Waals surface area contributed by atoms with E-state index in [1.165, 1.54) is 21.7 Å². The lowest BCUT2D eigenvalue weighted by Crippen LogP contribution is -2.18. The lowest BCUT2D eigenvalue weighted by molar-refractivity contribution is 0.511. The van der Waals surface area contributed by atoms with Gasteiger partial charge in [-0.25, -0.2) is 4.99 Å². The molecule has 2 nitrogen and oxygen atoms in total. The van der Waals surface area contributed by atoms with E-state index in [9.17, 15) is 0 Å². The molecule has 3 heteroatoms. The smallest absolute Gasteiger partial charge is 0.0912 e. The monoisotopic (exact) mass is 280 g/mol. The van der Waals surface area contributed by atoms with Crippen LogP contribution in [-0.2, 0) is 6.54 Å². The minimum Gasteiger partial charge on any atom is -0.361 e. The summed E-state index contributed by atoms with van der Waals surface area (Å²) in [6, 6.07) is 14.7. The predicted octanol–water partition coefficient (Wildman–Crippen LogP) is 4.75. The fourth-order valence-corrected chi connectivity index (χ4v) is 3.10. The molecule has 0 amide bonds. The van der Waals surface area contributed by atoms with Gasteiger partial charge in [0.25, 0.3) is 0 Å². The van der Waals surface area contributed by atoms with Crippen LogP contribution in [0.15, 0.2) is 47.5 Å². The van der Waals surface area contributed by atoms with Crippen molar-refractivity contribution in [1.82, 2.24) is 4.90 Å². The molecule has 0 fully saturated rings. The van der Waals surface area contributed by atoms with Crippen LogP contribution >= 0.6 is 11.6 Å². The summed E-state index contributed by atoms with van der Waals surface area (Å²) in [6.45, 7) is 0.866. The maximum absolute atomic E-state index is 6.44. The van der Waals surface area contributed by atoms with E-state index in [0.29, 0.717) is 0 Å². The van der Waals surface area contributed by atoms with E-state index in [4.69, 9.17) is 11.6 Å². The van der Waals surface area contributed by atoms with Crippen molar-refractivity contribution in [1.29, 1.82) is 0 Å². The van der Waals surface area contributed by atoms with E-state index < -0.39 is 0 Å². The summed E-state index contributed by atoms with van der Waals surface area (Å²) in [5, 5.41) is 5.53. The number of hydrogen-bond donors (Lipinski definition) is 0. The number of rotatable bonds is 0. The van der Waals surface area contributed by atoms with Crippen molar-refractivity contribution >= 4 is 45.2 Å². The first kappa shape index (κ1) is 11.7. The maximum atomic E-state index is 6.44. The molecule has 0 saturated heterocycles. The molecule has 0 aliphatic carbocycles. The molecule has 0 spiro atoms. The van der Waals surface area contributed by atoms with Gasteiger partial charge >= 0.3 is 0 Å². The third kappa shape index (κ3) is 1.69. The highest BCUT2D eigenvalue weighted by Gasteiger charge is 2.15. The molecule has 0 aromatic heterocycles. The van der Waals surface area contributed by atoms with Crippen molar-refractivity contribution in [2.24, 2.45) is 4.99 Å². The second-order valence-corrected chi connectivity index (χ2v) is 5.67. The Morgan fingerprint density at radius 3 is 2.50 bits per heavy atom. The van der Waals surface area contributed by atoms with Crippen LogP contribution in [0.5, 0.6) is 0 Å². The Kier molecular flexibility index (Phi) is 2.48. The number of nitrogens with zero attached hydrogens (tertiary/aromatic N) is 2. The molecular weight excluding hydrogens is 268 g/mol. The third-order valence-electron chi connectivity index (χ3n) is 3.84. The van der Waals surface area contributed by atoms with Gasteiger partial charge in [0.15, 0.2) is 0 Å². The highest BCUT2D eigenvalue weighted by atomic mass is 35.5. The molecule has 1 heterocycles. The largest absolute Gasteiger partial charge is 0.361 e. The predicted molar refractivity (Wildman–Crippen MR) is 86.1 cm³/mol. The molecule has 98 valence electrons. The van der Waals surface area contributed by atoms with Gasteiger partial charge in [-0.1, -0.05) is 35.9 Å². The maximum Gasteiger partial charge on any atom is 0.0912 e. The lowest BCUT2D eigenvalue weighted by atomic mass is 9.97. The van der Waals surface area contributed by atoms with E-state index in [-0.39, 0.29) is 0 Å². The van der Waals surface area contributed by atoms with Crippen molar-refractivity contribution < 1.29 is 0 Å². The molecule has 0 unspecified atom stereocenters. The fraction of sp³-hybridized carbons (Fsp3) is 0.118. The number of halogens is 1. The SMILES string of the molecule is CN1C=Nc2cc(Cl)c3cc4ccccc4cc3c2C1.